The second-order valence-electron chi connectivity index (χ2n) is 5.98. The second-order valence-corrected chi connectivity index (χ2v) is 5.98. The molecule has 6 nitrogen and oxygen atoms in total. The first-order valence-electron chi connectivity index (χ1n) is 7.88. The summed E-state index contributed by atoms with van der Waals surface area (Å²) in [6, 6.07) is 0. The lowest BCUT2D eigenvalue weighted by molar-refractivity contribution is 0.00222. The molecule has 1 aromatic heterocycles. The second kappa shape index (κ2) is 7.04. The molecule has 0 radical (unpaired) electrons. The van der Waals surface area contributed by atoms with Crippen molar-refractivity contribution >= 4 is 11.6 Å². The van der Waals surface area contributed by atoms with Gasteiger partial charge < -0.3 is 15.8 Å². The molecule has 0 bridgehead atoms. The lowest BCUT2D eigenvalue weighted by Gasteiger charge is -2.36. The van der Waals surface area contributed by atoms with Crippen molar-refractivity contribution in [2.75, 3.05) is 17.3 Å². The lowest BCUT2D eigenvalue weighted by Crippen LogP contribution is -2.40. The van der Waals surface area contributed by atoms with Crippen LogP contribution in [0.5, 0.6) is 0 Å². The Hall–Kier alpha value is -1.40. The van der Waals surface area contributed by atoms with E-state index in [9.17, 15) is 5.11 Å². The molecule has 5 N–H and O–H groups in total. The fraction of sp³-hybridized carbons (Fsp3) is 0.733. The third kappa shape index (κ3) is 3.83. The van der Waals surface area contributed by atoms with E-state index in [0.29, 0.717) is 12.4 Å². The number of hydrogen-bond donors (Lipinski definition) is 4. The summed E-state index contributed by atoms with van der Waals surface area (Å²) in [5.41, 5.74) is 2.92. The van der Waals surface area contributed by atoms with Crippen molar-refractivity contribution in [2.45, 2.75) is 58.0 Å². The van der Waals surface area contributed by atoms with E-state index in [0.717, 1.165) is 49.4 Å². The van der Waals surface area contributed by atoms with Gasteiger partial charge >= 0.3 is 0 Å². The molecule has 0 spiro atoms. The highest BCUT2D eigenvalue weighted by molar-refractivity contribution is 5.56. The van der Waals surface area contributed by atoms with Gasteiger partial charge in [-0.25, -0.2) is 15.8 Å². The number of hydrogen-bond acceptors (Lipinski definition) is 6. The van der Waals surface area contributed by atoms with E-state index in [-0.39, 0.29) is 0 Å². The Morgan fingerprint density at radius 2 is 1.95 bits per heavy atom. The summed E-state index contributed by atoms with van der Waals surface area (Å²) in [6.45, 7) is 4.78. The Bertz CT molecular complexity index is 457. The average molecular weight is 293 g/mol. The Morgan fingerprint density at radius 3 is 2.52 bits per heavy atom. The van der Waals surface area contributed by atoms with Gasteiger partial charge in [0.2, 0.25) is 0 Å². The van der Waals surface area contributed by atoms with Crippen LogP contribution in [0, 0.1) is 5.92 Å². The smallest absolute Gasteiger partial charge is 0.148 e. The van der Waals surface area contributed by atoms with Gasteiger partial charge in [-0.1, -0.05) is 20.3 Å². The summed E-state index contributed by atoms with van der Waals surface area (Å²) in [6.07, 6.45) is 7.39. The third-order valence-electron chi connectivity index (χ3n) is 4.63. The molecule has 1 heterocycles. The topological polar surface area (TPSA) is 96.1 Å². The quantitative estimate of drug-likeness (QED) is 0.474. The molecular formula is C15H27N5O. The predicted molar refractivity (Wildman–Crippen MR) is 84.9 cm³/mol. The number of rotatable bonds is 6. The maximum atomic E-state index is 10.7. The zero-order valence-corrected chi connectivity index (χ0v) is 13.0. The van der Waals surface area contributed by atoms with Gasteiger partial charge in [-0.2, -0.15) is 0 Å². The number of nitrogens with one attached hydrogen (secondary N) is 2. The number of hydrazine groups is 1. The molecule has 1 aliphatic carbocycles. The number of nitrogens with two attached hydrogens (primary N) is 1. The molecule has 0 unspecified atom stereocenters. The number of aliphatic hydroxyl groups is 1. The van der Waals surface area contributed by atoms with Crippen molar-refractivity contribution in [3.8, 4) is 0 Å². The molecule has 1 saturated carbocycles. The molecule has 0 amide bonds. The van der Waals surface area contributed by atoms with E-state index >= 15 is 0 Å². The highest BCUT2D eigenvalue weighted by Crippen LogP contribution is 2.34. The van der Waals surface area contributed by atoms with Crippen LogP contribution < -0.4 is 16.6 Å². The van der Waals surface area contributed by atoms with Crippen LogP contribution >= 0.6 is 0 Å². The molecule has 118 valence electrons. The summed E-state index contributed by atoms with van der Waals surface area (Å²) in [7, 11) is 0. The van der Waals surface area contributed by atoms with E-state index in [2.05, 4.69) is 27.6 Å². The molecule has 1 aromatic rings. The summed E-state index contributed by atoms with van der Waals surface area (Å²) < 4.78 is 0. The molecule has 21 heavy (non-hydrogen) atoms. The first kappa shape index (κ1) is 16.0. The SMILES string of the molecule is CCc1c(NN)ncnc1NCC1(O)CCC(CC)CC1. The molecule has 0 atom stereocenters. The van der Waals surface area contributed by atoms with Gasteiger partial charge in [0.15, 0.2) is 0 Å². The first-order chi connectivity index (χ1) is 10.1. The van der Waals surface area contributed by atoms with Crippen LogP contribution in [0.25, 0.3) is 0 Å². The zero-order valence-electron chi connectivity index (χ0n) is 13.0. The summed E-state index contributed by atoms with van der Waals surface area (Å²) in [5, 5.41) is 14.0. The van der Waals surface area contributed by atoms with Gasteiger partial charge in [-0.15, -0.1) is 0 Å². The normalized spacial score (nSPS) is 25.6. The molecule has 1 aliphatic rings. The van der Waals surface area contributed by atoms with Crippen LogP contribution in [0.3, 0.4) is 0 Å². The van der Waals surface area contributed by atoms with Crippen LogP contribution in [-0.2, 0) is 6.42 Å². The van der Waals surface area contributed by atoms with E-state index in [1.54, 1.807) is 0 Å². The maximum Gasteiger partial charge on any atom is 0.148 e. The molecule has 1 fully saturated rings. The van der Waals surface area contributed by atoms with Crippen molar-refractivity contribution in [3.63, 3.8) is 0 Å². The highest BCUT2D eigenvalue weighted by Gasteiger charge is 2.32. The first-order valence-corrected chi connectivity index (χ1v) is 7.88. The Kier molecular flexibility index (Phi) is 5.36. The number of aromatic nitrogens is 2. The van der Waals surface area contributed by atoms with Crippen LogP contribution in [0.15, 0.2) is 6.33 Å². The maximum absolute atomic E-state index is 10.7. The van der Waals surface area contributed by atoms with Gasteiger partial charge in [0.1, 0.15) is 18.0 Å². The van der Waals surface area contributed by atoms with Crippen LogP contribution in [-0.4, -0.2) is 27.2 Å². The molecular weight excluding hydrogens is 266 g/mol. The lowest BCUT2D eigenvalue weighted by atomic mass is 9.78. The zero-order chi connectivity index (χ0) is 15.3. The Labute approximate surface area is 126 Å². The molecule has 6 heteroatoms. The van der Waals surface area contributed by atoms with Crippen LogP contribution in [0.4, 0.5) is 11.6 Å². The van der Waals surface area contributed by atoms with E-state index in [1.807, 2.05) is 6.92 Å². The van der Waals surface area contributed by atoms with Crippen molar-refractivity contribution in [1.82, 2.24) is 9.97 Å². The third-order valence-corrected chi connectivity index (χ3v) is 4.63. The van der Waals surface area contributed by atoms with E-state index in [1.165, 1.54) is 12.7 Å². The van der Waals surface area contributed by atoms with E-state index < -0.39 is 5.60 Å². The minimum absolute atomic E-state index is 0.525. The molecule has 0 aliphatic heterocycles. The summed E-state index contributed by atoms with van der Waals surface area (Å²) >= 11 is 0. The fourth-order valence-electron chi connectivity index (χ4n) is 3.07. The minimum Gasteiger partial charge on any atom is -0.388 e. The highest BCUT2D eigenvalue weighted by atomic mass is 16.3. The molecule has 0 saturated heterocycles. The molecule has 2 rings (SSSR count). The van der Waals surface area contributed by atoms with Crippen molar-refractivity contribution in [2.24, 2.45) is 11.8 Å². The van der Waals surface area contributed by atoms with Crippen molar-refractivity contribution in [1.29, 1.82) is 0 Å². The standard InChI is InChI=1S/C15H27N5O/c1-3-11-5-7-15(21,8-6-11)9-17-13-12(4-2)14(20-16)19-10-18-13/h10-11,21H,3-9,16H2,1-2H3,(H2,17,18,19,20). The van der Waals surface area contributed by atoms with Gasteiger partial charge in [0.05, 0.1) is 5.60 Å². The predicted octanol–water partition coefficient (Wildman–Crippen LogP) is 2.07. The van der Waals surface area contributed by atoms with Crippen LogP contribution in [0.2, 0.25) is 0 Å². The monoisotopic (exact) mass is 293 g/mol. The van der Waals surface area contributed by atoms with Crippen molar-refractivity contribution in [3.05, 3.63) is 11.9 Å². The van der Waals surface area contributed by atoms with Gasteiger partial charge in [-0.05, 0) is 38.0 Å². The van der Waals surface area contributed by atoms with Gasteiger partial charge in [-0.3, -0.25) is 0 Å². The van der Waals surface area contributed by atoms with Gasteiger partial charge in [0.25, 0.3) is 0 Å². The number of nitrogen functional groups attached to an aromatic ring is 1. The largest absolute Gasteiger partial charge is 0.388 e. The van der Waals surface area contributed by atoms with E-state index in [4.69, 9.17) is 5.84 Å². The number of nitrogens with zero attached hydrogens (tertiary/aromatic N) is 2. The summed E-state index contributed by atoms with van der Waals surface area (Å²) in [5.74, 6) is 7.63. The Balaban J connectivity index is 2.00. The van der Waals surface area contributed by atoms with Crippen LogP contribution in [0.1, 0.15) is 51.5 Å². The Morgan fingerprint density at radius 1 is 1.29 bits per heavy atom. The van der Waals surface area contributed by atoms with Gasteiger partial charge in [0, 0.05) is 12.1 Å². The average Bonchev–Trinajstić information content (AvgIpc) is 2.53. The fourth-order valence-corrected chi connectivity index (χ4v) is 3.07. The minimum atomic E-state index is -0.627. The molecule has 0 aromatic carbocycles. The van der Waals surface area contributed by atoms with Crippen molar-refractivity contribution < 1.29 is 5.11 Å². The summed E-state index contributed by atoms with van der Waals surface area (Å²) in [4.78, 5) is 8.39. The number of anilines is 2.